The second kappa shape index (κ2) is 7.33. The number of hydrogen-bond acceptors (Lipinski definition) is 4. The summed E-state index contributed by atoms with van der Waals surface area (Å²) < 4.78 is 19.0. The third kappa shape index (κ3) is 3.72. The van der Waals surface area contributed by atoms with Gasteiger partial charge in [0.2, 0.25) is 0 Å². The number of H-pyrrole nitrogens is 1. The lowest BCUT2D eigenvalue weighted by Gasteiger charge is -2.20. The first-order valence-corrected chi connectivity index (χ1v) is 8.36. The van der Waals surface area contributed by atoms with Crippen LogP contribution in [0, 0.1) is 5.82 Å². The van der Waals surface area contributed by atoms with E-state index in [2.05, 4.69) is 34.3 Å². The van der Waals surface area contributed by atoms with Crippen LogP contribution in [0.5, 0.6) is 0 Å². The Morgan fingerprint density at radius 3 is 2.92 bits per heavy atom. The molecule has 0 saturated carbocycles. The minimum Gasteiger partial charge on any atom is -0.378 e. The van der Waals surface area contributed by atoms with E-state index in [1.54, 1.807) is 19.2 Å². The number of rotatable bonds is 5. The van der Waals surface area contributed by atoms with Gasteiger partial charge in [0.1, 0.15) is 5.82 Å². The van der Waals surface area contributed by atoms with Gasteiger partial charge in [-0.25, -0.2) is 4.39 Å². The van der Waals surface area contributed by atoms with Crippen LogP contribution < -0.4 is 5.32 Å². The van der Waals surface area contributed by atoms with Crippen molar-refractivity contribution in [2.45, 2.75) is 32.0 Å². The highest BCUT2D eigenvalue weighted by Crippen LogP contribution is 2.23. The van der Waals surface area contributed by atoms with Crippen molar-refractivity contribution in [3.05, 3.63) is 41.8 Å². The number of amides is 1. The quantitative estimate of drug-likeness (QED) is 0.869. The Morgan fingerprint density at radius 2 is 2.24 bits per heavy atom. The molecule has 0 spiro atoms. The lowest BCUT2D eigenvalue weighted by atomic mass is 10.1. The number of methoxy groups -OCH3 is 1. The number of likely N-dealkylation sites (tertiary alicyclic amines) is 1. The van der Waals surface area contributed by atoms with E-state index in [1.165, 1.54) is 18.3 Å². The van der Waals surface area contributed by atoms with Crippen LogP contribution >= 0.6 is 0 Å². The number of aromatic amines is 1. The van der Waals surface area contributed by atoms with E-state index >= 15 is 0 Å². The molecule has 6 nitrogen and oxygen atoms in total. The highest BCUT2D eigenvalue weighted by atomic mass is 19.1. The van der Waals surface area contributed by atoms with Crippen LogP contribution in [0.25, 0.3) is 11.3 Å². The minimum atomic E-state index is -0.360. The van der Waals surface area contributed by atoms with Gasteiger partial charge in [-0.1, -0.05) is 12.1 Å². The zero-order valence-corrected chi connectivity index (χ0v) is 14.6. The molecule has 2 heterocycles. The van der Waals surface area contributed by atoms with E-state index in [0.29, 0.717) is 22.9 Å². The van der Waals surface area contributed by atoms with Crippen LogP contribution in [0.15, 0.2) is 30.5 Å². The highest BCUT2D eigenvalue weighted by molar-refractivity contribution is 5.99. The molecule has 2 atom stereocenters. The van der Waals surface area contributed by atoms with Crippen LogP contribution in [0.1, 0.15) is 24.2 Å². The molecule has 25 heavy (non-hydrogen) atoms. The monoisotopic (exact) mass is 346 g/mol. The summed E-state index contributed by atoms with van der Waals surface area (Å²) in [6.07, 6.45) is 1.41. The van der Waals surface area contributed by atoms with E-state index in [-0.39, 0.29) is 23.9 Å². The summed E-state index contributed by atoms with van der Waals surface area (Å²) in [5.41, 5.74) is 1.48. The molecule has 7 heteroatoms. The number of hydrogen-bond donors (Lipinski definition) is 2. The lowest BCUT2D eigenvalue weighted by molar-refractivity contribution is 0.0753. The summed E-state index contributed by atoms with van der Waals surface area (Å²) in [4.78, 5) is 15.0. The maximum Gasteiger partial charge on any atom is 0.255 e. The van der Waals surface area contributed by atoms with Crippen molar-refractivity contribution in [3.63, 3.8) is 0 Å². The smallest absolute Gasteiger partial charge is 0.255 e. The normalized spacial score (nSPS) is 21.0. The molecular weight excluding hydrogens is 323 g/mol. The Kier molecular flexibility index (Phi) is 5.15. The summed E-state index contributed by atoms with van der Waals surface area (Å²) in [5, 5.41) is 9.78. The molecule has 2 aromatic rings. The largest absolute Gasteiger partial charge is 0.378 e. The van der Waals surface area contributed by atoms with Crippen LogP contribution in [0.4, 0.5) is 4.39 Å². The molecule has 1 amide bonds. The van der Waals surface area contributed by atoms with Gasteiger partial charge in [-0.3, -0.25) is 14.8 Å². The molecule has 2 N–H and O–H groups in total. The zero-order chi connectivity index (χ0) is 18.0. The van der Waals surface area contributed by atoms with Gasteiger partial charge in [0, 0.05) is 31.8 Å². The second-order valence-electron chi connectivity index (χ2n) is 6.57. The molecule has 3 rings (SSSR count). The molecule has 1 aromatic carbocycles. The first kappa shape index (κ1) is 17.6. The maximum atomic E-state index is 13.5. The van der Waals surface area contributed by atoms with Crippen molar-refractivity contribution in [1.29, 1.82) is 0 Å². The maximum absolute atomic E-state index is 13.5. The van der Waals surface area contributed by atoms with Gasteiger partial charge in [-0.05, 0) is 26.0 Å². The third-order valence-electron chi connectivity index (χ3n) is 4.64. The van der Waals surface area contributed by atoms with Gasteiger partial charge in [-0.2, -0.15) is 5.10 Å². The minimum absolute atomic E-state index is 0.0594. The second-order valence-corrected chi connectivity index (χ2v) is 6.57. The predicted octanol–water partition coefficient (Wildman–Crippen LogP) is 2.05. The summed E-state index contributed by atoms with van der Waals surface area (Å²) in [7, 11) is 1.66. The molecule has 1 aliphatic rings. The fraction of sp³-hybridized carbons (Fsp3) is 0.444. The highest BCUT2D eigenvalue weighted by Gasteiger charge is 2.35. The fourth-order valence-corrected chi connectivity index (χ4v) is 3.17. The number of nitrogens with zero attached hydrogens (tertiary/aromatic N) is 2. The lowest BCUT2D eigenvalue weighted by Crippen LogP contribution is -2.43. The number of nitrogens with one attached hydrogen (secondary N) is 2. The Balaban J connectivity index is 1.77. The van der Waals surface area contributed by atoms with Gasteiger partial charge in [0.05, 0.1) is 29.6 Å². The average molecular weight is 346 g/mol. The van der Waals surface area contributed by atoms with Gasteiger partial charge in [-0.15, -0.1) is 0 Å². The van der Waals surface area contributed by atoms with Crippen LogP contribution in [-0.2, 0) is 4.74 Å². The van der Waals surface area contributed by atoms with Crippen LogP contribution in [-0.4, -0.2) is 59.4 Å². The summed E-state index contributed by atoms with van der Waals surface area (Å²) in [6, 6.07) is 6.36. The van der Waals surface area contributed by atoms with E-state index in [9.17, 15) is 9.18 Å². The van der Waals surface area contributed by atoms with Crippen LogP contribution in [0.3, 0.4) is 0 Å². The van der Waals surface area contributed by atoms with Crippen molar-refractivity contribution >= 4 is 5.91 Å². The number of carbonyl (C=O) groups excluding carboxylic acids is 1. The topological polar surface area (TPSA) is 70.2 Å². The van der Waals surface area contributed by atoms with Crippen molar-refractivity contribution in [1.82, 2.24) is 20.4 Å². The Morgan fingerprint density at radius 1 is 1.44 bits per heavy atom. The van der Waals surface area contributed by atoms with Gasteiger partial charge in [0.25, 0.3) is 5.91 Å². The molecule has 0 bridgehead atoms. The number of ether oxygens (including phenoxy) is 1. The molecule has 1 aromatic heterocycles. The zero-order valence-electron chi connectivity index (χ0n) is 14.6. The van der Waals surface area contributed by atoms with Crippen molar-refractivity contribution in [2.75, 3.05) is 20.2 Å². The van der Waals surface area contributed by atoms with Gasteiger partial charge < -0.3 is 10.1 Å². The van der Waals surface area contributed by atoms with Crippen molar-refractivity contribution in [2.24, 2.45) is 0 Å². The Hall–Kier alpha value is -2.25. The standard InChI is InChI=1S/C18H23FN4O2/c1-11(2)23-9-15(16(10-23)25-3)21-18(24)14-8-20-22-17(14)12-5-4-6-13(19)7-12/h4-8,11,15-16H,9-10H2,1-3H3,(H,20,22)(H,21,24)/t15-,16-/m0/s1. The SMILES string of the molecule is CO[C@H]1CN(C(C)C)C[C@@H]1NC(=O)c1cn[nH]c1-c1cccc(F)c1. The van der Waals surface area contributed by atoms with E-state index in [1.807, 2.05) is 0 Å². The van der Waals surface area contributed by atoms with Crippen molar-refractivity contribution in [3.8, 4) is 11.3 Å². The number of carbonyl (C=O) groups is 1. The van der Waals surface area contributed by atoms with Gasteiger partial charge in [0.15, 0.2) is 0 Å². The molecule has 0 radical (unpaired) electrons. The molecule has 1 aliphatic heterocycles. The van der Waals surface area contributed by atoms with E-state index in [4.69, 9.17) is 4.74 Å². The first-order valence-electron chi connectivity index (χ1n) is 8.36. The fourth-order valence-electron chi connectivity index (χ4n) is 3.17. The summed E-state index contributed by atoms with van der Waals surface area (Å²) in [6.45, 7) is 5.75. The number of halogens is 1. The summed E-state index contributed by atoms with van der Waals surface area (Å²) >= 11 is 0. The van der Waals surface area contributed by atoms with Crippen molar-refractivity contribution < 1.29 is 13.9 Å². The summed E-state index contributed by atoms with van der Waals surface area (Å²) in [5.74, 6) is -0.605. The first-order chi connectivity index (χ1) is 12.0. The average Bonchev–Trinajstić information content (AvgIpc) is 3.21. The number of aromatic nitrogens is 2. The molecular formula is C18H23FN4O2. The van der Waals surface area contributed by atoms with E-state index < -0.39 is 0 Å². The molecule has 134 valence electrons. The Labute approximate surface area is 146 Å². The van der Waals surface area contributed by atoms with E-state index in [0.717, 1.165) is 13.1 Å². The third-order valence-corrected chi connectivity index (χ3v) is 4.64. The molecule has 1 saturated heterocycles. The molecule has 0 aliphatic carbocycles. The number of benzene rings is 1. The van der Waals surface area contributed by atoms with Crippen LogP contribution in [0.2, 0.25) is 0 Å². The molecule has 0 unspecified atom stereocenters. The van der Waals surface area contributed by atoms with Gasteiger partial charge >= 0.3 is 0 Å². The molecule has 1 fully saturated rings. The Bertz CT molecular complexity index is 746. The predicted molar refractivity (Wildman–Crippen MR) is 92.7 cm³/mol.